The van der Waals surface area contributed by atoms with Crippen molar-refractivity contribution in [2.24, 2.45) is 5.41 Å². The topological polar surface area (TPSA) is 66.6 Å². The van der Waals surface area contributed by atoms with Gasteiger partial charge >= 0.3 is 5.97 Å². The Morgan fingerprint density at radius 1 is 1.62 bits per heavy atom. The number of thiophene rings is 1. The van der Waals surface area contributed by atoms with Gasteiger partial charge in [-0.05, 0) is 37.8 Å². The normalized spacial score (nSPS) is 23.3. The number of nitrogens with zero attached hydrogens (tertiary/aromatic N) is 2. The van der Waals surface area contributed by atoms with Gasteiger partial charge in [0.15, 0.2) is 0 Å². The monoisotopic (exact) mass is 306 g/mol. The quantitative estimate of drug-likeness (QED) is 0.940. The highest BCUT2D eigenvalue weighted by molar-refractivity contribution is 7.13. The molecule has 0 aromatic carbocycles. The van der Waals surface area contributed by atoms with Crippen LogP contribution < -0.4 is 0 Å². The maximum atomic E-state index is 11.4. The summed E-state index contributed by atoms with van der Waals surface area (Å²) in [7, 11) is 0. The molecule has 1 aliphatic rings. The van der Waals surface area contributed by atoms with E-state index in [-0.39, 0.29) is 0 Å². The van der Waals surface area contributed by atoms with Crippen LogP contribution in [0.1, 0.15) is 25.5 Å². The SMILES string of the molecule is CC1(C(=O)O)CCCN(Cc2coc(-c3cccs3)n2)C1. The van der Waals surface area contributed by atoms with Crippen LogP contribution in [0.3, 0.4) is 0 Å². The van der Waals surface area contributed by atoms with Crippen molar-refractivity contribution in [2.45, 2.75) is 26.3 Å². The first-order valence-electron chi connectivity index (χ1n) is 7.01. The minimum Gasteiger partial charge on any atom is -0.481 e. The molecule has 1 N–H and O–H groups in total. The third kappa shape index (κ3) is 3.01. The molecule has 0 saturated carbocycles. The molecule has 1 fully saturated rings. The van der Waals surface area contributed by atoms with Gasteiger partial charge < -0.3 is 9.52 Å². The second kappa shape index (κ2) is 5.61. The number of carboxylic acid groups (broad SMARTS) is 1. The standard InChI is InChI=1S/C15H18N2O3S/c1-15(14(18)19)5-3-6-17(10-15)8-11-9-20-13(16-11)12-4-2-7-21-12/h2,4,7,9H,3,5-6,8,10H2,1H3,(H,18,19). The summed E-state index contributed by atoms with van der Waals surface area (Å²) in [6.07, 6.45) is 3.30. The van der Waals surface area contributed by atoms with Gasteiger partial charge in [0.1, 0.15) is 6.26 Å². The molecule has 0 radical (unpaired) electrons. The third-order valence-corrected chi connectivity index (χ3v) is 4.82. The van der Waals surface area contributed by atoms with Crippen molar-refractivity contribution >= 4 is 17.3 Å². The van der Waals surface area contributed by atoms with Crippen molar-refractivity contribution in [2.75, 3.05) is 13.1 Å². The summed E-state index contributed by atoms with van der Waals surface area (Å²) in [4.78, 5) is 19.0. The number of aliphatic carboxylic acids is 1. The van der Waals surface area contributed by atoms with E-state index in [1.807, 2.05) is 24.4 Å². The number of piperidine rings is 1. The first-order chi connectivity index (χ1) is 10.1. The van der Waals surface area contributed by atoms with Crippen molar-refractivity contribution in [1.82, 2.24) is 9.88 Å². The zero-order chi connectivity index (χ0) is 14.9. The molecule has 1 aliphatic heterocycles. The molecule has 1 atom stereocenters. The predicted octanol–water partition coefficient (Wildman–Crippen LogP) is 3.09. The fraction of sp³-hybridized carbons (Fsp3) is 0.467. The van der Waals surface area contributed by atoms with Crippen LogP contribution in [0.25, 0.3) is 10.8 Å². The number of oxazole rings is 1. The van der Waals surface area contributed by atoms with E-state index in [4.69, 9.17) is 4.42 Å². The van der Waals surface area contributed by atoms with Crippen molar-refractivity contribution in [3.63, 3.8) is 0 Å². The molecule has 6 heteroatoms. The molecular formula is C15H18N2O3S. The van der Waals surface area contributed by atoms with Crippen molar-refractivity contribution in [1.29, 1.82) is 0 Å². The molecular weight excluding hydrogens is 288 g/mol. The molecule has 3 rings (SSSR count). The second-order valence-corrected chi connectivity index (χ2v) is 6.75. The molecule has 0 aliphatic carbocycles. The van der Waals surface area contributed by atoms with Gasteiger partial charge in [-0.15, -0.1) is 11.3 Å². The maximum absolute atomic E-state index is 11.4. The van der Waals surface area contributed by atoms with Gasteiger partial charge in [0.05, 0.1) is 16.0 Å². The first-order valence-corrected chi connectivity index (χ1v) is 7.89. The zero-order valence-corrected chi connectivity index (χ0v) is 12.7. The fourth-order valence-electron chi connectivity index (χ4n) is 2.78. The highest BCUT2D eigenvalue weighted by Crippen LogP contribution is 2.31. The van der Waals surface area contributed by atoms with Gasteiger partial charge in [-0.25, -0.2) is 4.98 Å². The highest BCUT2D eigenvalue weighted by Gasteiger charge is 2.37. The van der Waals surface area contributed by atoms with Crippen molar-refractivity contribution < 1.29 is 14.3 Å². The van der Waals surface area contributed by atoms with Crippen LogP contribution in [-0.2, 0) is 11.3 Å². The number of hydrogen-bond acceptors (Lipinski definition) is 5. The third-order valence-electron chi connectivity index (χ3n) is 3.96. The smallest absolute Gasteiger partial charge is 0.310 e. The number of carboxylic acids is 1. The summed E-state index contributed by atoms with van der Waals surface area (Å²) in [5, 5.41) is 11.3. The summed E-state index contributed by atoms with van der Waals surface area (Å²) < 4.78 is 5.51. The van der Waals surface area contributed by atoms with Gasteiger partial charge in [-0.3, -0.25) is 9.69 Å². The van der Waals surface area contributed by atoms with E-state index in [0.717, 1.165) is 30.0 Å². The van der Waals surface area contributed by atoms with Gasteiger partial charge in [-0.1, -0.05) is 6.07 Å². The van der Waals surface area contributed by atoms with E-state index in [2.05, 4.69) is 9.88 Å². The lowest BCUT2D eigenvalue weighted by molar-refractivity contribution is -0.151. The fourth-order valence-corrected chi connectivity index (χ4v) is 3.43. The van der Waals surface area contributed by atoms with E-state index in [9.17, 15) is 9.90 Å². The van der Waals surface area contributed by atoms with Crippen LogP contribution in [0.5, 0.6) is 0 Å². The molecule has 0 amide bonds. The largest absolute Gasteiger partial charge is 0.481 e. The number of rotatable bonds is 4. The van der Waals surface area contributed by atoms with Crippen LogP contribution in [0.4, 0.5) is 0 Å². The minimum absolute atomic E-state index is 0.559. The van der Waals surface area contributed by atoms with Gasteiger partial charge in [0, 0.05) is 13.1 Å². The lowest BCUT2D eigenvalue weighted by Gasteiger charge is -2.37. The molecule has 2 aromatic heterocycles. The molecule has 112 valence electrons. The van der Waals surface area contributed by atoms with E-state index in [0.29, 0.717) is 19.0 Å². The van der Waals surface area contributed by atoms with Gasteiger partial charge in [-0.2, -0.15) is 0 Å². The van der Waals surface area contributed by atoms with Crippen LogP contribution in [-0.4, -0.2) is 34.0 Å². The molecule has 1 unspecified atom stereocenters. The summed E-state index contributed by atoms with van der Waals surface area (Å²) in [5.41, 5.74) is 0.200. The Kier molecular flexibility index (Phi) is 3.82. The van der Waals surface area contributed by atoms with Crippen LogP contribution in [0, 0.1) is 5.41 Å². The summed E-state index contributed by atoms with van der Waals surface area (Å²) >= 11 is 1.59. The van der Waals surface area contributed by atoms with E-state index in [1.165, 1.54) is 0 Å². The Hall–Kier alpha value is -1.66. The predicted molar refractivity (Wildman–Crippen MR) is 80.1 cm³/mol. The van der Waals surface area contributed by atoms with Crippen LogP contribution >= 0.6 is 11.3 Å². The average molecular weight is 306 g/mol. The lowest BCUT2D eigenvalue weighted by Crippen LogP contribution is -2.45. The Morgan fingerprint density at radius 3 is 3.19 bits per heavy atom. The molecule has 0 bridgehead atoms. The number of likely N-dealkylation sites (tertiary alicyclic amines) is 1. The molecule has 3 heterocycles. The first kappa shape index (κ1) is 14.3. The summed E-state index contributed by atoms with van der Waals surface area (Å²) in [6.45, 7) is 3.92. The molecule has 21 heavy (non-hydrogen) atoms. The van der Waals surface area contributed by atoms with Gasteiger partial charge in [0.2, 0.25) is 5.89 Å². The minimum atomic E-state index is -0.716. The summed E-state index contributed by atoms with van der Waals surface area (Å²) in [6, 6.07) is 3.94. The van der Waals surface area contributed by atoms with E-state index < -0.39 is 11.4 Å². The van der Waals surface area contributed by atoms with Crippen molar-refractivity contribution in [3.8, 4) is 10.8 Å². The molecule has 1 saturated heterocycles. The van der Waals surface area contributed by atoms with Gasteiger partial charge in [0.25, 0.3) is 0 Å². The Bertz CT molecular complexity index is 623. The van der Waals surface area contributed by atoms with E-state index in [1.54, 1.807) is 17.6 Å². The average Bonchev–Trinajstić information content (AvgIpc) is 3.08. The van der Waals surface area contributed by atoms with Crippen LogP contribution in [0.2, 0.25) is 0 Å². The Labute approximate surface area is 127 Å². The molecule has 2 aromatic rings. The number of aromatic nitrogens is 1. The second-order valence-electron chi connectivity index (χ2n) is 5.80. The Morgan fingerprint density at radius 2 is 2.48 bits per heavy atom. The molecule has 5 nitrogen and oxygen atoms in total. The van der Waals surface area contributed by atoms with Crippen LogP contribution in [0.15, 0.2) is 28.2 Å². The number of hydrogen-bond donors (Lipinski definition) is 1. The number of carbonyl (C=O) groups is 1. The Balaban J connectivity index is 1.68. The van der Waals surface area contributed by atoms with Crippen molar-refractivity contribution in [3.05, 3.63) is 29.5 Å². The maximum Gasteiger partial charge on any atom is 0.310 e. The summed E-state index contributed by atoms with van der Waals surface area (Å²) in [5.74, 6) is -0.0790. The zero-order valence-electron chi connectivity index (χ0n) is 11.9. The molecule has 0 spiro atoms. The highest BCUT2D eigenvalue weighted by atomic mass is 32.1. The van der Waals surface area contributed by atoms with E-state index >= 15 is 0 Å². The lowest BCUT2D eigenvalue weighted by atomic mass is 9.82.